The van der Waals surface area contributed by atoms with Crippen molar-refractivity contribution < 1.29 is 29.6 Å². The van der Waals surface area contributed by atoms with Crippen LogP contribution in [0, 0.1) is 48.3 Å². The topological polar surface area (TPSA) is 109 Å². The maximum atomic E-state index is 14.4. The molecule has 7 nitrogen and oxygen atoms in total. The number of carbonyl (C=O) groups excluding carboxylic acids is 2. The Morgan fingerprint density at radius 2 is 1.92 bits per heavy atom. The van der Waals surface area contributed by atoms with Crippen LogP contribution < -0.4 is 0 Å². The number of aliphatic hydroxyl groups is 3. The van der Waals surface area contributed by atoms with Crippen molar-refractivity contribution in [2.24, 2.45) is 34.5 Å². The van der Waals surface area contributed by atoms with Gasteiger partial charge in [-0.2, -0.15) is 0 Å². The molecule has 7 heteroatoms. The van der Waals surface area contributed by atoms with E-state index in [0.717, 1.165) is 17.7 Å². The molecule has 1 aromatic heterocycles. The molecule has 0 aliphatic heterocycles. The Labute approximate surface area is 212 Å². The maximum Gasteiger partial charge on any atom is 0.355 e. The lowest BCUT2D eigenvalue weighted by Gasteiger charge is -2.48. The highest BCUT2D eigenvalue weighted by molar-refractivity contribution is 5.96. The molecular formula is C29H39NO6. The minimum Gasteiger partial charge on any atom is -0.450 e. The first kappa shape index (κ1) is 25.4. The highest BCUT2D eigenvalue weighted by Crippen LogP contribution is 2.71. The number of esters is 1. The Morgan fingerprint density at radius 3 is 2.53 bits per heavy atom. The molecule has 0 unspecified atom stereocenters. The van der Waals surface area contributed by atoms with E-state index in [9.17, 15) is 24.9 Å². The number of ether oxygens (including phenoxy) is 1. The molecule has 2 fully saturated rings. The van der Waals surface area contributed by atoms with Gasteiger partial charge in [0.1, 0.15) is 11.8 Å². The second kappa shape index (κ2) is 7.89. The van der Waals surface area contributed by atoms with Crippen molar-refractivity contribution in [2.45, 2.75) is 79.2 Å². The molecule has 5 rings (SSSR count). The third-order valence-electron chi connectivity index (χ3n) is 10.1. The summed E-state index contributed by atoms with van der Waals surface area (Å²) in [5, 5.41) is 34.4. The zero-order valence-electron chi connectivity index (χ0n) is 22.3. The normalized spacial score (nSPS) is 40.4. The quantitative estimate of drug-likeness (QED) is 0.436. The number of aryl methyl sites for hydroxylation is 2. The standard InChI is InChI=1S/C29H39NO6/c1-8-30-17(5)9-14(2)22(30)26(34)36-25-15(3)12-28-16(4)10-20-21(27(20,6)7)19(24(28)33)11-18(13-31)23(32)29(25,28)35/h9,11-12,16,19-21,23,25,31-32,35H,8,10,13H2,1-7H3/t16-,19+,20-,21+,23-,25+,28+,29+/m1/s1. The SMILES string of the molecule is CCn1c(C)cc(C)c1C(=O)O[C@H]1C(C)=C[C@]23C(=O)[C@@H](C=C(CO)[C@@H](O)[C@]12O)[C@H]1[C@@H](C[C@H]3C)C1(C)C. The zero-order valence-corrected chi connectivity index (χ0v) is 22.3. The van der Waals surface area contributed by atoms with Crippen LogP contribution in [0.3, 0.4) is 0 Å². The second-order valence-corrected chi connectivity index (χ2v) is 12.2. The van der Waals surface area contributed by atoms with Crippen molar-refractivity contribution in [3.8, 4) is 0 Å². The number of ketones is 1. The molecule has 4 aliphatic rings. The molecule has 36 heavy (non-hydrogen) atoms. The number of hydrogen-bond donors (Lipinski definition) is 3. The Kier molecular flexibility index (Phi) is 5.57. The fourth-order valence-corrected chi connectivity index (χ4v) is 8.28. The summed E-state index contributed by atoms with van der Waals surface area (Å²) in [7, 11) is 0. The van der Waals surface area contributed by atoms with Crippen molar-refractivity contribution in [1.82, 2.24) is 4.57 Å². The number of rotatable bonds is 4. The lowest BCUT2D eigenvalue weighted by atomic mass is 9.59. The predicted octanol–water partition coefficient (Wildman–Crippen LogP) is 3.12. The van der Waals surface area contributed by atoms with E-state index >= 15 is 0 Å². The first-order valence-corrected chi connectivity index (χ1v) is 13.1. The van der Waals surface area contributed by atoms with Crippen molar-refractivity contribution in [2.75, 3.05) is 6.61 Å². The highest BCUT2D eigenvalue weighted by atomic mass is 16.6. The van der Waals surface area contributed by atoms with Crippen LogP contribution in [0.15, 0.2) is 29.4 Å². The summed E-state index contributed by atoms with van der Waals surface area (Å²) in [5.41, 5.74) is -0.754. The van der Waals surface area contributed by atoms with Crippen LogP contribution >= 0.6 is 0 Å². The fraction of sp³-hybridized carbons (Fsp3) is 0.655. The van der Waals surface area contributed by atoms with Crippen molar-refractivity contribution in [3.05, 3.63) is 46.3 Å². The van der Waals surface area contributed by atoms with Gasteiger partial charge < -0.3 is 24.6 Å². The predicted molar refractivity (Wildman–Crippen MR) is 134 cm³/mol. The molecule has 0 aromatic carbocycles. The number of nitrogens with zero attached hydrogens (tertiary/aromatic N) is 1. The monoisotopic (exact) mass is 497 g/mol. The first-order valence-electron chi connectivity index (χ1n) is 13.1. The van der Waals surface area contributed by atoms with Gasteiger partial charge in [-0.1, -0.05) is 32.9 Å². The van der Waals surface area contributed by atoms with Gasteiger partial charge in [0, 0.05) is 18.2 Å². The Hall–Kier alpha value is -2.22. The van der Waals surface area contributed by atoms with Crippen molar-refractivity contribution in [3.63, 3.8) is 0 Å². The highest BCUT2D eigenvalue weighted by Gasteiger charge is 2.76. The lowest BCUT2D eigenvalue weighted by molar-refractivity contribution is -0.190. The molecule has 0 radical (unpaired) electrons. The summed E-state index contributed by atoms with van der Waals surface area (Å²) in [6.45, 7) is 13.8. The smallest absolute Gasteiger partial charge is 0.355 e. The Balaban J connectivity index is 1.64. The third kappa shape index (κ3) is 2.91. The first-order chi connectivity index (χ1) is 16.8. The third-order valence-corrected chi connectivity index (χ3v) is 10.1. The van der Waals surface area contributed by atoms with Gasteiger partial charge in [0.25, 0.3) is 0 Å². The van der Waals surface area contributed by atoms with E-state index in [1.165, 1.54) is 0 Å². The van der Waals surface area contributed by atoms with Gasteiger partial charge in [0.15, 0.2) is 17.5 Å². The minimum absolute atomic E-state index is 0.0369. The van der Waals surface area contributed by atoms with E-state index in [0.29, 0.717) is 23.7 Å². The van der Waals surface area contributed by atoms with Gasteiger partial charge >= 0.3 is 5.97 Å². The Bertz CT molecular complexity index is 1210. The molecule has 196 valence electrons. The number of aliphatic hydroxyl groups excluding tert-OH is 2. The molecule has 3 N–H and O–H groups in total. The number of carbonyl (C=O) groups is 2. The summed E-state index contributed by atoms with van der Waals surface area (Å²) in [5.74, 6) is -1.20. The van der Waals surface area contributed by atoms with Crippen LogP contribution in [0.2, 0.25) is 0 Å². The molecule has 1 heterocycles. The van der Waals surface area contributed by atoms with Crippen LogP contribution in [-0.4, -0.2) is 56.1 Å². The molecule has 0 saturated heterocycles. The summed E-state index contributed by atoms with van der Waals surface area (Å²) >= 11 is 0. The van der Waals surface area contributed by atoms with Gasteiger partial charge in [-0.3, -0.25) is 4.79 Å². The number of allylic oxidation sites excluding steroid dienone is 1. The molecule has 2 bridgehead atoms. The van der Waals surface area contributed by atoms with E-state index in [1.807, 2.05) is 38.3 Å². The average molecular weight is 498 g/mol. The Morgan fingerprint density at radius 1 is 1.25 bits per heavy atom. The molecule has 1 spiro atoms. The van der Waals surface area contributed by atoms with Crippen LogP contribution in [0.5, 0.6) is 0 Å². The van der Waals surface area contributed by atoms with Crippen molar-refractivity contribution >= 4 is 11.8 Å². The van der Waals surface area contributed by atoms with E-state index in [4.69, 9.17) is 4.74 Å². The van der Waals surface area contributed by atoms with E-state index in [1.54, 1.807) is 19.1 Å². The van der Waals surface area contributed by atoms with Gasteiger partial charge in [0.05, 0.1) is 12.0 Å². The fourth-order valence-electron chi connectivity index (χ4n) is 8.28. The summed E-state index contributed by atoms with van der Waals surface area (Å²) in [4.78, 5) is 28.0. The number of hydrogen-bond acceptors (Lipinski definition) is 6. The minimum atomic E-state index is -2.12. The summed E-state index contributed by atoms with van der Waals surface area (Å²) < 4.78 is 7.90. The van der Waals surface area contributed by atoms with E-state index < -0.39 is 41.7 Å². The molecule has 1 aromatic rings. The van der Waals surface area contributed by atoms with Crippen LogP contribution in [0.4, 0.5) is 0 Å². The second-order valence-electron chi connectivity index (χ2n) is 12.2. The largest absolute Gasteiger partial charge is 0.450 e. The van der Waals surface area contributed by atoms with Crippen LogP contribution in [-0.2, 0) is 16.1 Å². The van der Waals surface area contributed by atoms with E-state index in [-0.39, 0.29) is 28.6 Å². The van der Waals surface area contributed by atoms with Gasteiger partial charge in [-0.15, -0.1) is 0 Å². The van der Waals surface area contributed by atoms with E-state index in [2.05, 4.69) is 13.8 Å². The number of aromatic nitrogens is 1. The summed E-state index contributed by atoms with van der Waals surface area (Å²) in [6.07, 6.45) is 1.37. The molecule has 4 aliphatic carbocycles. The maximum absolute atomic E-state index is 14.4. The zero-order chi connectivity index (χ0) is 26.5. The van der Waals surface area contributed by atoms with Crippen molar-refractivity contribution in [1.29, 1.82) is 0 Å². The molecule has 8 atom stereocenters. The average Bonchev–Trinajstić information content (AvgIpc) is 3.13. The summed E-state index contributed by atoms with van der Waals surface area (Å²) in [6, 6.07) is 1.91. The van der Waals surface area contributed by atoms with Gasteiger partial charge in [-0.05, 0) is 80.1 Å². The lowest BCUT2D eigenvalue weighted by Crippen LogP contribution is -2.65. The van der Waals surface area contributed by atoms with Gasteiger partial charge in [0.2, 0.25) is 0 Å². The molecular weight excluding hydrogens is 458 g/mol. The molecule has 2 saturated carbocycles. The van der Waals surface area contributed by atoms with Gasteiger partial charge in [-0.25, -0.2) is 4.79 Å². The van der Waals surface area contributed by atoms with Crippen LogP contribution in [0.25, 0.3) is 0 Å². The van der Waals surface area contributed by atoms with Crippen LogP contribution in [0.1, 0.15) is 62.8 Å². The molecule has 0 amide bonds. The number of fused-ring (bicyclic) bond motifs is 3. The number of Topliss-reactive ketones (excluding diaryl/α,β-unsaturated/α-hetero) is 1.